The van der Waals surface area contributed by atoms with Crippen LogP contribution in [0.25, 0.3) is 0 Å². The van der Waals surface area contributed by atoms with E-state index in [1.54, 1.807) is 21.1 Å². The van der Waals surface area contributed by atoms with Crippen LogP contribution in [0.2, 0.25) is 0 Å². The molecule has 6 heteroatoms. The van der Waals surface area contributed by atoms with Gasteiger partial charge in [-0.25, -0.2) is 0 Å². The standard InChI is InChI=1S/C9H14N2O3S/c1-6-7(15-9(13)11(6)2)8(12)10-4-5-14-3/h4-5H2,1-3H3,(H,10,12). The van der Waals surface area contributed by atoms with Crippen LogP contribution in [-0.2, 0) is 11.8 Å². The Hall–Kier alpha value is -1.14. The number of ether oxygens (including phenoxy) is 1. The molecule has 0 aliphatic carbocycles. The van der Waals surface area contributed by atoms with E-state index < -0.39 is 0 Å². The Morgan fingerprint density at radius 3 is 2.73 bits per heavy atom. The lowest BCUT2D eigenvalue weighted by Gasteiger charge is -2.03. The lowest BCUT2D eigenvalue weighted by Crippen LogP contribution is -2.26. The normalized spacial score (nSPS) is 10.3. The second-order valence-electron chi connectivity index (χ2n) is 3.09. The molecular weight excluding hydrogens is 216 g/mol. The number of nitrogens with one attached hydrogen (secondary N) is 1. The third kappa shape index (κ3) is 2.66. The molecule has 0 saturated heterocycles. The first-order valence-electron chi connectivity index (χ1n) is 4.51. The van der Waals surface area contributed by atoms with Gasteiger partial charge in [-0.3, -0.25) is 9.59 Å². The zero-order chi connectivity index (χ0) is 11.4. The number of aromatic nitrogens is 1. The number of carbonyl (C=O) groups is 1. The molecule has 84 valence electrons. The summed E-state index contributed by atoms with van der Waals surface area (Å²) in [6.07, 6.45) is 0. The van der Waals surface area contributed by atoms with Crippen molar-refractivity contribution in [1.82, 2.24) is 9.88 Å². The molecule has 1 aromatic rings. The van der Waals surface area contributed by atoms with Gasteiger partial charge in [0.05, 0.1) is 6.61 Å². The Labute approximate surface area is 91.7 Å². The second-order valence-corrected chi connectivity index (χ2v) is 4.05. The predicted molar refractivity (Wildman–Crippen MR) is 58.5 cm³/mol. The number of methoxy groups -OCH3 is 1. The summed E-state index contributed by atoms with van der Waals surface area (Å²) in [7, 11) is 3.22. The highest BCUT2D eigenvalue weighted by molar-refractivity contribution is 7.11. The summed E-state index contributed by atoms with van der Waals surface area (Å²) in [5.74, 6) is -0.216. The summed E-state index contributed by atoms with van der Waals surface area (Å²) in [6.45, 7) is 2.67. The highest BCUT2D eigenvalue weighted by atomic mass is 32.1. The van der Waals surface area contributed by atoms with E-state index in [9.17, 15) is 9.59 Å². The van der Waals surface area contributed by atoms with E-state index in [2.05, 4.69) is 5.32 Å². The first-order chi connectivity index (χ1) is 7.07. The minimum Gasteiger partial charge on any atom is -0.383 e. The Balaban J connectivity index is 2.74. The molecule has 5 nitrogen and oxygen atoms in total. The molecule has 0 unspecified atom stereocenters. The highest BCUT2D eigenvalue weighted by Gasteiger charge is 2.14. The Bertz CT molecular complexity index is 408. The number of nitrogens with zero attached hydrogens (tertiary/aromatic N) is 1. The third-order valence-corrected chi connectivity index (χ3v) is 3.23. The van der Waals surface area contributed by atoms with Crippen molar-refractivity contribution in [3.8, 4) is 0 Å². The van der Waals surface area contributed by atoms with Crippen LogP contribution >= 0.6 is 11.3 Å². The van der Waals surface area contributed by atoms with E-state index in [1.165, 1.54) is 4.57 Å². The van der Waals surface area contributed by atoms with Crippen LogP contribution in [0.4, 0.5) is 0 Å². The largest absolute Gasteiger partial charge is 0.383 e. The molecule has 1 amide bonds. The Morgan fingerprint density at radius 2 is 2.27 bits per heavy atom. The number of carbonyl (C=O) groups excluding carboxylic acids is 1. The fourth-order valence-electron chi connectivity index (χ4n) is 1.08. The van der Waals surface area contributed by atoms with Crippen LogP contribution in [0.5, 0.6) is 0 Å². The van der Waals surface area contributed by atoms with Crippen molar-refractivity contribution in [2.45, 2.75) is 6.92 Å². The molecular formula is C9H14N2O3S. The number of hydrogen-bond acceptors (Lipinski definition) is 4. The maximum absolute atomic E-state index is 11.6. The number of rotatable bonds is 4. The summed E-state index contributed by atoms with van der Waals surface area (Å²) in [6, 6.07) is 0. The zero-order valence-corrected chi connectivity index (χ0v) is 9.81. The minimum atomic E-state index is -0.216. The van der Waals surface area contributed by atoms with E-state index in [0.29, 0.717) is 23.7 Å². The lowest BCUT2D eigenvalue weighted by atomic mass is 10.3. The molecule has 0 aromatic carbocycles. The number of hydrogen-bond donors (Lipinski definition) is 1. The average molecular weight is 230 g/mol. The van der Waals surface area contributed by atoms with Crippen LogP contribution in [-0.4, -0.2) is 30.7 Å². The third-order valence-electron chi connectivity index (χ3n) is 2.09. The first kappa shape index (κ1) is 11.9. The fourth-order valence-corrected chi connectivity index (χ4v) is 1.97. The Morgan fingerprint density at radius 1 is 1.60 bits per heavy atom. The molecule has 0 spiro atoms. The Kier molecular flexibility index (Phi) is 4.05. The fraction of sp³-hybridized carbons (Fsp3) is 0.556. The predicted octanol–water partition coefficient (Wildman–Crippen LogP) is 0.131. The SMILES string of the molecule is COCCNC(=O)c1sc(=O)n(C)c1C. The van der Waals surface area contributed by atoms with Crippen molar-refractivity contribution in [2.75, 3.05) is 20.3 Å². The molecule has 0 bridgehead atoms. The molecule has 0 radical (unpaired) electrons. The zero-order valence-electron chi connectivity index (χ0n) is 8.99. The summed E-state index contributed by atoms with van der Waals surface area (Å²) in [4.78, 5) is 23.2. The van der Waals surface area contributed by atoms with Gasteiger partial charge in [0.1, 0.15) is 4.88 Å². The van der Waals surface area contributed by atoms with Gasteiger partial charge >= 0.3 is 4.87 Å². The monoisotopic (exact) mass is 230 g/mol. The van der Waals surface area contributed by atoms with Crippen LogP contribution < -0.4 is 10.2 Å². The number of amides is 1. The average Bonchev–Trinajstić information content (AvgIpc) is 2.46. The van der Waals surface area contributed by atoms with Crippen molar-refractivity contribution in [1.29, 1.82) is 0 Å². The molecule has 0 fully saturated rings. The smallest absolute Gasteiger partial charge is 0.307 e. The van der Waals surface area contributed by atoms with Gasteiger partial charge in [-0.05, 0) is 6.92 Å². The van der Waals surface area contributed by atoms with Gasteiger partial charge in [-0.2, -0.15) is 0 Å². The van der Waals surface area contributed by atoms with Crippen molar-refractivity contribution >= 4 is 17.2 Å². The van der Waals surface area contributed by atoms with Gasteiger partial charge in [0, 0.05) is 26.4 Å². The molecule has 0 atom stereocenters. The molecule has 1 N–H and O–H groups in total. The topological polar surface area (TPSA) is 60.3 Å². The maximum Gasteiger partial charge on any atom is 0.307 e. The van der Waals surface area contributed by atoms with Crippen molar-refractivity contribution in [3.05, 3.63) is 20.2 Å². The van der Waals surface area contributed by atoms with Crippen molar-refractivity contribution < 1.29 is 9.53 Å². The van der Waals surface area contributed by atoms with E-state index in [-0.39, 0.29) is 10.8 Å². The van der Waals surface area contributed by atoms with Crippen molar-refractivity contribution in [2.24, 2.45) is 7.05 Å². The molecule has 1 aromatic heterocycles. The van der Waals surface area contributed by atoms with Crippen LogP contribution in [0.3, 0.4) is 0 Å². The van der Waals surface area contributed by atoms with Gasteiger partial charge in [0.2, 0.25) is 0 Å². The quantitative estimate of drug-likeness (QED) is 0.748. The van der Waals surface area contributed by atoms with E-state index in [0.717, 1.165) is 11.3 Å². The molecule has 0 saturated carbocycles. The van der Waals surface area contributed by atoms with Gasteiger partial charge in [-0.1, -0.05) is 11.3 Å². The van der Waals surface area contributed by atoms with Crippen molar-refractivity contribution in [3.63, 3.8) is 0 Å². The van der Waals surface area contributed by atoms with Gasteiger partial charge < -0.3 is 14.6 Å². The van der Waals surface area contributed by atoms with E-state index in [1.807, 2.05) is 0 Å². The van der Waals surface area contributed by atoms with E-state index >= 15 is 0 Å². The van der Waals surface area contributed by atoms with Gasteiger partial charge in [0.25, 0.3) is 5.91 Å². The second kappa shape index (κ2) is 5.09. The van der Waals surface area contributed by atoms with Crippen LogP contribution in [0.1, 0.15) is 15.4 Å². The molecule has 15 heavy (non-hydrogen) atoms. The molecule has 0 aliphatic rings. The summed E-state index contributed by atoms with van der Waals surface area (Å²) < 4.78 is 6.28. The summed E-state index contributed by atoms with van der Waals surface area (Å²) in [5, 5.41) is 2.68. The van der Waals surface area contributed by atoms with E-state index in [4.69, 9.17) is 4.74 Å². The summed E-state index contributed by atoms with van der Waals surface area (Å²) in [5.41, 5.74) is 0.694. The maximum atomic E-state index is 11.6. The van der Waals surface area contributed by atoms with Crippen LogP contribution in [0.15, 0.2) is 4.79 Å². The highest BCUT2D eigenvalue weighted by Crippen LogP contribution is 2.09. The van der Waals surface area contributed by atoms with Gasteiger partial charge in [-0.15, -0.1) is 0 Å². The van der Waals surface area contributed by atoms with Crippen LogP contribution in [0, 0.1) is 6.92 Å². The first-order valence-corrected chi connectivity index (χ1v) is 5.33. The lowest BCUT2D eigenvalue weighted by molar-refractivity contribution is 0.0940. The molecule has 1 heterocycles. The molecule has 1 rings (SSSR count). The molecule has 0 aliphatic heterocycles. The summed E-state index contributed by atoms with van der Waals surface area (Å²) >= 11 is 0.962. The number of thiazole rings is 1. The van der Waals surface area contributed by atoms with Gasteiger partial charge in [0.15, 0.2) is 0 Å². The minimum absolute atomic E-state index is 0.121.